The molecule has 0 saturated heterocycles. The van der Waals surface area contributed by atoms with Crippen LogP contribution >= 0.6 is 0 Å². The zero-order valence-electron chi connectivity index (χ0n) is 15.6. The Morgan fingerprint density at radius 3 is 1.52 bits per heavy atom. The van der Waals surface area contributed by atoms with Crippen molar-refractivity contribution < 1.29 is 23.8 Å². The maximum Gasteiger partial charge on any atom is 0.306 e. The number of hydrogen-bond donors (Lipinski definition) is 0. The number of esters is 2. The smallest absolute Gasteiger partial charge is 0.306 e. The Kier molecular flexibility index (Phi) is 9.07. The molecule has 2 aromatic carbocycles. The van der Waals surface area contributed by atoms with Crippen LogP contribution in [0.5, 0.6) is 0 Å². The second-order valence-corrected chi connectivity index (χ2v) is 6.19. The Balaban J connectivity index is 1.61. The molecule has 2 aromatic rings. The number of aryl methyl sites for hydroxylation is 2. The van der Waals surface area contributed by atoms with Gasteiger partial charge in [-0.2, -0.15) is 0 Å². The number of carbonyl (C=O) groups excluding carboxylic acids is 2. The lowest BCUT2D eigenvalue weighted by Crippen LogP contribution is -2.27. The number of carbonyl (C=O) groups is 2. The molecule has 0 N–H and O–H groups in total. The van der Waals surface area contributed by atoms with Crippen molar-refractivity contribution in [3.05, 3.63) is 71.8 Å². The fraction of sp³-hybridized carbons (Fsp3) is 0.364. The summed E-state index contributed by atoms with van der Waals surface area (Å²) in [5.41, 5.74) is 2.18. The van der Waals surface area contributed by atoms with E-state index in [0.717, 1.165) is 11.1 Å². The molecule has 0 aromatic heterocycles. The van der Waals surface area contributed by atoms with Gasteiger partial charge in [0.15, 0.2) is 0 Å². The van der Waals surface area contributed by atoms with Gasteiger partial charge in [-0.25, -0.2) is 0 Å². The standard InChI is InChI=1S/C22H26O5/c1-25-20(16-26-21(23)14-12-18-8-4-2-5-9-18)17-27-22(24)15-13-19-10-6-3-7-11-19/h2-11,20H,12-17H2,1H3. The van der Waals surface area contributed by atoms with E-state index in [0.29, 0.717) is 25.7 Å². The van der Waals surface area contributed by atoms with Crippen molar-refractivity contribution in [1.82, 2.24) is 0 Å². The van der Waals surface area contributed by atoms with Gasteiger partial charge in [0.25, 0.3) is 0 Å². The van der Waals surface area contributed by atoms with E-state index in [4.69, 9.17) is 14.2 Å². The molecule has 0 bridgehead atoms. The first-order chi connectivity index (χ1) is 13.2. The van der Waals surface area contributed by atoms with Crippen molar-refractivity contribution in [1.29, 1.82) is 0 Å². The predicted molar refractivity (Wildman–Crippen MR) is 102 cm³/mol. The summed E-state index contributed by atoms with van der Waals surface area (Å²) in [7, 11) is 1.50. The highest BCUT2D eigenvalue weighted by atomic mass is 16.6. The summed E-state index contributed by atoms with van der Waals surface area (Å²) in [6.07, 6.45) is 1.40. The molecule has 5 nitrogen and oxygen atoms in total. The SMILES string of the molecule is COC(COC(=O)CCc1ccccc1)COC(=O)CCc1ccccc1. The van der Waals surface area contributed by atoms with Crippen molar-refractivity contribution in [3.63, 3.8) is 0 Å². The quantitative estimate of drug-likeness (QED) is 0.568. The van der Waals surface area contributed by atoms with E-state index in [-0.39, 0.29) is 25.2 Å². The summed E-state index contributed by atoms with van der Waals surface area (Å²) in [4.78, 5) is 23.7. The number of benzene rings is 2. The monoisotopic (exact) mass is 370 g/mol. The van der Waals surface area contributed by atoms with Crippen LogP contribution in [0.1, 0.15) is 24.0 Å². The average molecular weight is 370 g/mol. The van der Waals surface area contributed by atoms with Crippen LogP contribution in [-0.2, 0) is 36.6 Å². The first kappa shape index (κ1) is 20.6. The minimum Gasteiger partial charge on any atom is -0.463 e. The maximum absolute atomic E-state index is 11.8. The van der Waals surface area contributed by atoms with Gasteiger partial charge in [-0.15, -0.1) is 0 Å². The molecule has 0 radical (unpaired) electrons. The Labute approximate surface area is 160 Å². The van der Waals surface area contributed by atoms with E-state index in [1.165, 1.54) is 7.11 Å². The summed E-state index contributed by atoms with van der Waals surface area (Å²) in [6, 6.07) is 19.5. The van der Waals surface area contributed by atoms with Crippen molar-refractivity contribution in [2.24, 2.45) is 0 Å². The summed E-state index contributed by atoms with van der Waals surface area (Å²) < 4.78 is 15.7. The van der Waals surface area contributed by atoms with Gasteiger partial charge >= 0.3 is 11.9 Å². The lowest BCUT2D eigenvalue weighted by atomic mass is 10.1. The highest BCUT2D eigenvalue weighted by Crippen LogP contribution is 2.06. The van der Waals surface area contributed by atoms with E-state index < -0.39 is 6.10 Å². The molecule has 0 aliphatic heterocycles. The second kappa shape index (κ2) is 11.9. The van der Waals surface area contributed by atoms with E-state index >= 15 is 0 Å². The van der Waals surface area contributed by atoms with Gasteiger partial charge in [-0.1, -0.05) is 60.7 Å². The number of hydrogen-bond acceptors (Lipinski definition) is 5. The first-order valence-corrected chi connectivity index (χ1v) is 9.09. The molecule has 0 aliphatic carbocycles. The van der Waals surface area contributed by atoms with Crippen LogP contribution in [0.25, 0.3) is 0 Å². The zero-order chi connectivity index (χ0) is 19.3. The van der Waals surface area contributed by atoms with Gasteiger partial charge < -0.3 is 14.2 Å². The first-order valence-electron chi connectivity index (χ1n) is 9.09. The van der Waals surface area contributed by atoms with Crippen molar-refractivity contribution >= 4 is 11.9 Å². The third-order valence-corrected chi connectivity index (χ3v) is 4.12. The topological polar surface area (TPSA) is 61.8 Å². The number of ether oxygens (including phenoxy) is 3. The lowest BCUT2D eigenvalue weighted by molar-refractivity contribution is -0.153. The molecular formula is C22H26O5. The minimum atomic E-state index is -0.466. The van der Waals surface area contributed by atoms with Crippen LogP contribution in [-0.4, -0.2) is 38.4 Å². The predicted octanol–water partition coefficient (Wildman–Crippen LogP) is 3.35. The number of methoxy groups -OCH3 is 1. The molecule has 144 valence electrons. The van der Waals surface area contributed by atoms with Crippen molar-refractivity contribution in [2.45, 2.75) is 31.8 Å². The lowest BCUT2D eigenvalue weighted by Gasteiger charge is -2.15. The molecule has 27 heavy (non-hydrogen) atoms. The molecule has 0 atom stereocenters. The summed E-state index contributed by atoms with van der Waals surface area (Å²) >= 11 is 0. The summed E-state index contributed by atoms with van der Waals surface area (Å²) in [6.45, 7) is 0.131. The Hall–Kier alpha value is -2.66. The third-order valence-electron chi connectivity index (χ3n) is 4.12. The van der Waals surface area contributed by atoms with Gasteiger partial charge in [-0.05, 0) is 24.0 Å². The van der Waals surface area contributed by atoms with Crippen molar-refractivity contribution in [2.75, 3.05) is 20.3 Å². The van der Waals surface area contributed by atoms with E-state index in [1.54, 1.807) is 0 Å². The fourth-order valence-corrected chi connectivity index (χ4v) is 2.48. The molecule has 0 spiro atoms. The van der Waals surface area contributed by atoms with Crippen LogP contribution < -0.4 is 0 Å². The molecule has 0 amide bonds. The molecule has 0 unspecified atom stereocenters. The van der Waals surface area contributed by atoms with Gasteiger partial charge in [0.1, 0.15) is 19.3 Å². The molecule has 5 heteroatoms. The van der Waals surface area contributed by atoms with Crippen LogP contribution in [0.2, 0.25) is 0 Å². The zero-order valence-corrected chi connectivity index (χ0v) is 15.6. The largest absolute Gasteiger partial charge is 0.463 e. The molecule has 0 saturated carbocycles. The molecule has 0 aliphatic rings. The van der Waals surface area contributed by atoms with E-state index in [2.05, 4.69) is 0 Å². The Morgan fingerprint density at radius 2 is 1.15 bits per heavy atom. The Morgan fingerprint density at radius 1 is 0.741 bits per heavy atom. The minimum absolute atomic E-state index is 0.0656. The molecular weight excluding hydrogens is 344 g/mol. The maximum atomic E-state index is 11.8. The van der Waals surface area contributed by atoms with Crippen LogP contribution in [0, 0.1) is 0 Å². The summed E-state index contributed by atoms with van der Waals surface area (Å²) in [5.74, 6) is -0.590. The average Bonchev–Trinajstić information content (AvgIpc) is 2.72. The van der Waals surface area contributed by atoms with Crippen LogP contribution in [0.4, 0.5) is 0 Å². The summed E-state index contributed by atoms with van der Waals surface area (Å²) in [5, 5.41) is 0. The number of rotatable bonds is 11. The molecule has 0 heterocycles. The van der Waals surface area contributed by atoms with Gasteiger partial charge in [0.05, 0.1) is 0 Å². The van der Waals surface area contributed by atoms with E-state index in [9.17, 15) is 9.59 Å². The highest BCUT2D eigenvalue weighted by molar-refractivity contribution is 5.70. The fourth-order valence-electron chi connectivity index (χ4n) is 2.48. The van der Waals surface area contributed by atoms with Crippen LogP contribution in [0.3, 0.4) is 0 Å². The molecule has 2 rings (SSSR count). The van der Waals surface area contributed by atoms with E-state index in [1.807, 2.05) is 60.7 Å². The third kappa shape index (κ3) is 8.51. The van der Waals surface area contributed by atoms with Crippen LogP contribution in [0.15, 0.2) is 60.7 Å². The molecule has 0 fully saturated rings. The second-order valence-electron chi connectivity index (χ2n) is 6.19. The highest BCUT2D eigenvalue weighted by Gasteiger charge is 2.14. The van der Waals surface area contributed by atoms with Gasteiger partial charge in [0, 0.05) is 20.0 Å². The normalized spacial score (nSPS) is 10.6. The Bertz CT molecular complexity index is 625. The van der Waals surface area contributed by atoms with Gasteiger partial charge in [0.2, 0.25) is 0 Å². The van der Waals surface area contributed by atoms with Crippen molar-refractivity contribution in [3.8, 4) is 0 Å². The van der Waals surface area contributed by atoms with Gasteiger partial charge in [-0.3, -0.25) is 9.59 Å².